The normalized spacial score (nSPS) is 10.9. The number of hydrogen-bond donors (Lipinski definition) is 0. The van der Waals surface area contributed by atoms with Gasteiger partial charge in [-0.05, 0) is 59.7 Å². The van der Waals surface area contributed by atoms with Crippen molar-refractivity contribution in [2.75, 3.05) is 14.2 Å². The predicted octanol–water partition coefficient (Wildman–Crippen LogP) is 5.83. The first-order chi connectivity index (χ1) is 13.6. The van der Waals surface area contributed by atoms with E-state index in [1.807, 2.05) is 24.3 Å². The van der Waals surface area contributed by atoms with Crippen molar-refractivity contribution < 1.29 is 18.6 Å². The summed E-state index contributed by atoms with van der Waals surface area (Å²) in [5.41, 5.74) is 2.38. The molecule has 0 N–H and O–H groups in total. The van der Waals surface area contributed by atoms with Crippen LogP contribution in [0.4, 0.5) is 10.1 Å². The minimum Gasteiger partial charge on any atom is -0.497 e. The maximum atomic E-state index is 13.0. The highest BCUT2D eigenvalue weighted by atomic mass is 35.5. The van der Waals surface area contributed by atoms with Crippen molar-refractivity contribution >= 4 is 23.5 Å². The zero-order valence-corrected chi connectivity index (χ0v) is 16.2. The summed E-state index contributed by atoms with van der Waals surface area (Å²) >= 11 is 6.38. The number of halogens is 2. The van der Waals surface area contributed by atoms with Gasteiger partial charge in [0.2, 0.25) is 0 Å². The van der Waals surface area contributed by atoms with Gasteiger partial charge in [0.25, 0.3) is 0 Å². The van der Waals surface area contributed by atoms with Gasteiger partial charge in [-0.15, -0.1) is 0 Å². The van der Waals surface area contributed by atoms with Crippen LogP contribution in [0.2, 0.25) is 5.02 Å². The quantitative estimate of drug-likeness (QED) is 0.469. The molecule has 0 radical (unpaired) electrons. The summed E-state index contributed by atoms with van der Waals surface area (Å²) in [6.07, 6.45) is 1.69. The molecule has 3 aromatic carbocycles. The third kappa shape index (κ3) is 5.02. The van der Waals surface area contributed by atoms with Crippen LogP contribution in [-0.4, -0.2) is 20.4 Å². The minimum atomic E-state index is -0.292. The summed E-state index contributed by atoms with van der Waals surface area (Å²) in [4.78, 5) is 4.43. The van der Waals surface area contributed by atoms with E-state index in [-0.39, 0.29) is 12.4 Å². The van der Waals surface area contributed by atoms with Crippen LogP contribution in [0.1, 0.15) is 11.1 Å². The molecule has 0 atom stereocenters. The largest absolute Gasteiger partial charge is 0.497 e. The summed E-state index contributed by atoms with van der Waals surface area (Å²) in [6.45, 7) is 0.246. The monoisotopic (exact) mass is 399 g/mol. The van der Waals surface area contributed by atoms with Crippen molar-refractivity contribution in [3.63, 3.8) is 0 Å². The highest BCUT2D eigenvalue weighted by Crippen LogP contribution is 2.36. The smallest absolute Gasteiger partial charge is 0.180 e. The third-order valence-corrected chi connectivity index (χ3v) is 4.26. The summed E-state index contributed by atoms with van der Waals surface area (Å²) < 4.78 is 29.3. The number of ether oxygens (including phenoxy) is 3. The predicted molar refractivity (Wildman–Crippen MR) is 109 cm³/mol. The highest BCUT2D eigenvalue weighted by Gasteiger charge is 2.12. The number of nitrogens with zero attached hydrogens (tertiary/aromatic N) is 1. The van der Waals surface area contributed by atoms with Gasteiger partial charge in [-0.3, -0.25) is 4.99 Å². The maximum absolute atomic E-state index is 13.0. The lowest BCUT2D eigenvalue weighted by Gasteiger charge is -2.13. The topological polar surface area (TPSA) is 40.0 Å². The Morgan fingerprint density at radius 3 is 2.32 bits per heavy atom. The second kappa shape index (κ2) is 9.24. The van der Waals surface area contributed by atoms with Gasteiger partial charge in [-0.1, -0.05) is 23.7 Å². The molecule has 3 rings (SSSR count). The molecule has 0 fully saturated rings. The Balaban J connectivity index is 1.76. The molecule has 0 aromatic heterocycles. The van der Waals surface area contributed by atoms with E-state index in [1.165, 1.54) is 12.1 Å². The molecular formula is C22H19ClFNO3. The maximum Gasteiger partial charge on any atom is 0.180 e. The highest BCUT2D eigenvalue weighted by molar-refractivity contribution is 6.32. The SMILES string of the molecule is COc1ccc(N=Cc2cc(Cl)c(OCc3ccc(F)cc3)c(OC)c2)cc1. The fraction of sp³-hybridized carbons (Fsp3) is 0.136. The van der Waals surface area contributed by atoms with Gasteiger partial charge in [0, 0.05) is 6.21 Å². The van der Waals surface area contributed by atoms with Crippen LogP contribution in [-0.2, 0) is 6.61 Å². The van der Waals surface area contributed by atoms with E-state index in [9.17, 15) is 4.39 Å². The van der Waals surface area contributed by atoms with Crippen LogP contribution in [0, 0.1) is 5.82 Å². The van der Waals surface area contributed by atoms with E-state index < -0.39 is 0 Å². The summed E-state index contributed by atoms with van der Waals surface area (Å²) in [7, 11) is 3.16. The summed E-state index contributed by atoms with van der Waals surface area (Å²) in [5, 5.41) is 0.401. The lowest BCUT2D eigenvalue weighted by molar-refractivity contribution is 0.284. The number of aliphatic imine (C=N–C) groups is 1. The molecule has 0 aliphatic rings. The molecule has 0 saturated heterocycles. The molecule has 6 heteroatoms. The zero-order valence-electron chi connectivity index (χ0n) is 15.5. The van der Waals surface area contributed by atoms with Crippen LogP contribution >= 0.6 is 11.6 Å². The van der Waals surface area contributed by atoms with E-state index in [4.69, 9.17) is 25.8 Å². The Bertz CT molecular complexity index is 957. The molecule has 0 saturated carbocycles. The molecule has 3 aromatic rings. The van der Waals surface area contributed by atoms with Gasteiger partial charge >= 0.3 is 0 Å². The van der Waals surface area contributed by atoms with Crippen LogP contribution in [0.3, 0.4) is 0 Å². The first-order valence-electron chi connectivity index (χ1n) is 8.52. The average Bonchev–Trinajstić information content (AvgIpc) is 2.72. The Kier molecular flexibility index (Phi) is 6.50. The zero-order chi connectivity index (χ0) is 19.9. The lowest BCUT2D eigenvalue weighted by atomic mass is 10.2. The Morgan fingerprint density at radius 2 is 1.68 bits per heavy atom. The summed E-state index contributed by atoms with van der Waals surface area (Å²) in [5.74, 6) is 1.40. The van der Waals surface area contributed by atoms with E-state index in [0.29, 0.717) is 16.5 Å². The number of rotatable bonds is 7. The molecule has 144 valence electrons. The van der Waals surface area contributed by atoms with Gasteiger partial charge in [-0.25, -0.2) is 4.39 Å². The molecule has 0 unspecified atom stereocenters. The Morgan fingerprint density at radius 1 is 0.964 bits per heavy atom. The molecule has 0 spiro atoms. The van der Waals surface area contributed by atoms with Crippen molar-refractivity contribution in [3.8, 4) is 17.2 Å². The van der Waals surface area contributed by atoms with Gasteiger partial charge in [0.05, 0.1) is 24.9 Å². The van der Waals surface area contributed by atoms with Gasteiger partial charge in [-0.2, -0.15) is 0 Å². The number of benzene rings is 3. The molecule has 0 heterocycles. The fourth-order valence-corrected chi connectivity index (χ4v) is 2.78. The molecular weight excluding hydrogens is 381 g/mol. The van der Waals surface area contributed by atoms with Crippen molar-refractivity contribution in [1.29, 1.82) is 0 Å². The van der Waals surface area contributed by atoms with Crippen LogP contribution < -0.4 is 14.2 Å². The first kappa shape index (κ1) is 19.7. The third-order valence-electron chi connectivity index (χ3n) is 3.98. The molecule has 0 aliphatic heterocycles. The molecule has 28 heavy (non-hydrogen) atoms. The lowest BCUT2D eigenvalue weighted by Crippen LogP contribution is -1.99. The first-order valence-corrected chi connectivity index (χ1v) is 8.89. The molecule has 0 aliphatic carbocycles. The van der Waals surface area contributed by atoms with Gasteiger partial charge < -0.3 is 14.2 Å². The van der Waals surface area contributed by atoms with E-state index >= 15 is 0 Å². The number of hydrogen-bond acceptors (Lipinski definition) is 4. The van der Waals surface area contributed by atoms with Crippen molar-refractivity contribution in [2.24, 2.45) is 4.99 Å². The minimum absolute atomic E-state index is 0.246. The fourth-order valence-electron chi connectivity index (χ4n) is 2.51. The Hall–Kier alpha value is -3.05. The Labute approximate surface area is 168 Å². The van der Waals surface area contributed by atoms with Crippen LogP contribution in [0.15, 0.2) is 65.7 Å². The van der Waals surface area contributed by atoms with E-state index in [1.54, 1.807) is 44.7 Å². The van der Waals surface area contributed by atoms with Crippen LogP contribution in [0.5, 0.6) is 17.2 Å². The molecule has 0 amide bonds. The van der Waals surface area contributed by atoms with Crippen molar-refractivity contribution in [1.82, 2.24) is 0 Å². The number of methoxy groups -OCH3 is 2. The average molecular weight is 400 g/mol. The van der Waals surface area contributed by atoms with Gasteiger partial charge in [0.1, 0.15) is 18.2 Å². The van der Waals surface area contributed by atoms with Crippen molar-refractivity contribution in [3.05, 3.63) is 82.6 Å². The van der Waals surface area contributed by atoms with Gasteiger partial charge in [0.15, 0.2) is 11.5 Å². The van der Waals surface area contributed by atoms with Crippen molar-refractivity contribution in [2.45, 2.75) is 6.61 Å². The van der Waals surface area contributed by atoms with E-state index in [2.05, 4.69) is 4.99 Å². The standard InChI is InChI=1S/C22H19ClFNO3/c1-26-19-9-7-18(8-10-19)25-13-16-11-20(23)22(21(12-16)27-2)28-14-15-3-5-17(24)6-4-15/h3-13H,14H2,1-2H3. The second-order valence-electron chi connectivity index (χ2n) is 5.91. The summed E-state index contributed by atoms with van der Waals surface area (Å²) in [6, 6.07) is 17.0. The van der Waals surface area contributed by atoms with E-state index in [0.717, 1.165) is 22.6 Å². The van der Waals surface area contributed by atoms with Crippen LogP contribution in [0.25, 0.3) is 0 Å². The second-order valence-corrected chi connectivity index (χ2v) is 6.31. The molecule has 4 nitrogen and oxygen atoms in total. The molecule has 0 bridgehead atoms.